The van der Waals surface area contributed by atoms with Crippen LogP contribution in [0.25, 0.3) is 0 Å². The smallest absolute Gasteiger partial charge is 0.256 e. The number of para-hydroxylation sites is 1. The highest BCUT2D eigenvalue weighted by molar-refractivity contribution is 6.03. The van der Waals surface area contributed by atoms with E-state index >= 15 is 0 Å². The predicted molar refractivity (Wildman–Crippen MR) is 102 cm³/mol. The topological polar surface area (TPSA) is 67.0 Å². The highest BCUT2D eigenvalue weighted by Gasteiger charge is 2.17. The summed E-state index contributed by atoms with van der Waals surface area (Å²) in [5.74, 6) is 1.16. The zero-order chi connectivity index (χ0) is 18.6. The van der Waals surface area contributed by atoms with Gasteiger partial charge in [-0.05, 0) is 29.8 Å². The normalized spacial score (nSPS) is 11.2. The number of aromatic nitrogens is 2. The summed E-state index contributed by atoms with van der Waals surface area (Å²) in [6.45, 7) is 6.72. The van der Waals surface area contributed by atoms with Crippen molar-refractivity contribution in [1.29, 1.82) is 0 Å². The third kappa shape index (κ3) is 4.51. The summed E-state index contributed by atoms with van der Waals surface area (Å²) in [7, 11) is 0. The van der Waals surface area contributed by atoms with Crippen molar-refractivity contribution in [3.05, 3.63) is 77.5 Å². The molecule has 0 aliphatic rings. The minimum atomic E-state index is -0.188. The maximum Gasteiger partial charge on any atom is 0.256 e. The van der Waals surface area contributed by atoms with E-state index in [-0.39, 0.29) is 11.3 Å². The van der Waals surface area contributed by atoms with Crippen molar-refractivity contribution in [1.82, 2.24) is 10.2 Å². The Hall–Kier alpha value is -3.08. The molecular weight excluding hydrogens is 326 g/mol. The van der Waals surface area contributed by atoms with E-state index in [1.165, 1.54) is 0 Å². The fraction of sp³-hybridized carbons (Fsp3) is 0.238. The average Bonchev–Trinajstić information content (AvgIpc) is 3.10. The molecule has 2 aromatic carbocycles. The van der Waals surface area contributed by atoms with Crippen molar-refractivity contribution >= 4 is 11.7 Å². The third-order valence-electron chi connectivity index (χ3n) is 3.99. The number of anilines is 1. The SMILES string of the molecule is CC(C)(C)c1cc(NC(=O)c2ccc(COc3ccccc3)cc2)n[nH]1. The number of nitrogens with zero attached hydrogens (tertiary/aromatic N) is 1. The molecule has 2 N–H and O–H groups in total. The lowest BCUT2D eigenvalue weighted by Gasteiger charge is -2.14. The standard InChI is InChI=1S/C21H23N3O2/c1-21(2,3)18-13-19(24-23-18)22-20(25)16-11-9-15(10-12-16)14-26-17-7-5-4-6-8-17/h4-13H,14H2,1-3H3,(H2,22,23,24,25). The molecule has 1 amide bonds. The van der Waals surface area contributed by atoms with Crippen molar-refractivity contribution < 1.29 is 9.53 Å². The summed E-state index contributed by atoms with van der Waals surface area (Å²) in [5.41, 5.74) is 2.51. The van der Waals surface area contributed by atoms with E-state index < -0.39 is 0 Å². The van der Waals surface area contributed by atoms with Gasteiger partial charge in [0.15, 0.2) is 5.82 Å². The molecule has 0 saturated heterocycles. The average molecular weight is 349 g/mol. The molecule has 0 aliphatic carbocycles. The number of rotatable bonds is 5. The van der Waals surface area contributed by atoms with Crippen LogP contribution in [-0.2, 0) is 12.0 Å². The van der Waals surface area contributed by atoms with E-state index in [0.717, 1.165) is 17.0 Å². The van der Waals surface area contributed by atoms with Crippen LogP contribution in [0.4, 0.5) is 5.82 Å². The first-order valence-electron chi connectivity index (χ1n) is 8.56. The molecule has 0 radical (unpaired) electrons. The molecule has 3 rings (SSSR count). The van der Waals surface area contributed by atoms with E-state index in [0.29, 0.717) is 18.0 Å². The Balaban J connectivity index is 1.59. The van der Waals surface area contributed by atoms with Crippen LogP contribution in [0.5, 0.6) is 5.75 Å². The van der Waals surface area contributed by atoms with Gasteiger partial charge in [0.1, 0.15) is 12.4 Å². The Labute approximate surface area is 153 Å². The number of benzene rings is 2. The number of hydrogen-bond donors (Lipinski definition) is 2. The number of amides is 1. The second kappa shape index (κ2) is 7.44. The zero-order valence-electron chi connectivity index (χ0n) is 15.2. The van der Waals surface area contributed by atoms with Gasteiger partial charge in [-0.15, -0.1) is 0 Å². The molecule has 0 atom stereocenters. The number of hydrogen-bond acceptors (Lipinski definition) is 3. The molecule has 1 aromatic heterocycles. The molecule has 0 bridgehead atoms. The van der Waals surface area contributed by atoms with Gasteiger partial charge in [0.05, 0.1) is 0 Å². The number of ether oxygens (including phenoxy) is 1. The molecule has 0 unspecified atom stereocenters. The van der Waals surface area contributed by atoms with Crippen LogP contribution in [0.3, 0.4) is 0 Å². The Kier molecular flexibility index (Phi) is 5.07. The monoisotopic (exact) mass is 349 g/mol. The summed E-state index contributed by atoms with van der Waals surface area (Å²) >= 11 is 0. The van der Waals surface area contributed by atoms with Crippen LogP contribution in [0.2, 0.25) is 0 Å². The van der Waals surface area contributed by atoms with Crippen LogP contribution < -0.4 is 10.1 Å². The molecule has 0 spiro atoms. The minimum Gasteiger partial charge on any atom is -0.489 e. The number of H-pyrrole nitrogens is 1. The van der Waals surface area contributed by atoms with E-state index in [1.807, 2.05) is 48.5 Å². The maximum atomic E-state index is 12.4. The molecule has 3 aromatic rings. The molecule has 5 nitrogen and oxygen atoms in total. The molecule has 0 fully saturated rings. The van der Waals surface area contributed by atoms with Gasteiger partial charge >= 0.3 is 0 Å². The summed E-state index contributed by atoms with van der Waals surface area (Å²) in [6, 6.07) is 18.9. The number of aromatic amines is 1. The lowest BCUT2D eigenvalue weighted by atomic mass is 9.92. The number of carbonyl (C=O) groups excluding carboxylic acids is 1. The van der Waals surface area contributed by atoms with Gasteiger partial charge in [-0.25, -0.2) is 0 Å². The number of nitrogens with one attached hydrogen (secondary N) is 2. The Bertz CT molecular complexity index is 862. The summed E-state index contributed by atoms with van der Waals surface area (Å²) < 4.78 is 5.71. The first-order valence-corrected chi connectivity index (χ1v) is 8.56. The fourth-order valence-electron chi connectivity index (χ4n) is 2.39. The predicted octanol–water partition coefficient (Wildman–Crippen LogP) is 4.54. The van der Waals surface area contributed by atoms with Gasteiger partial charge in [-0.2, -0.15) is 5.10 Å². The zero-order valence-corrected chi connectivity index (χ0v) is 15.2. The fourth-order valence-corrected chi connectivity index (χ4v) is 2.39. The minimum absolute atomic E-state index is 0.0453. The Morgan fingerprint density at radius 2 is 1.77 bits per heavy atom. The second-order valence-corrected chi connectivity index (χ2v) is 7.17. The van der Waals surface area contributed by atoms with Crippen LogP contribution in [0, 0.1) is 0 Å². The molecule has 134 valence electrons. The molecule has 0 aliphatic heterocycles. The molecule has 0 saturated carbocycles. The van der Waals surface area contributed by atoms with E-state index in [4.69, 9.17) is 4.74 Å². The Morgan fingerprint density at radius 3 is 2.38 bits per heavy atom. The van der Waals surface area contributed by atoms with Gasteiger partial charge in [0.2, 0.25) is 0 Å². The molecular formula is C21H23N3O2. The summed E-state index contributed by atoms with van der Waals surface area (Å²) in [6.07, 6.45) is 0. The van der Waals surface area contributed by atoms with E-state index in [2.05, 4.69) is 36.3 Å². The van der Waals surface area contributed by atoms with Crippen molar-refractivity contribution in [2.75, 3.05) is 5.32 Å². The second-order valence-electron chi connectivity index (χ2n) is 7.17. The molecule has 5 heteroatoms. The first-order chi connectivity index (χ1) is 12.4. The van der Waals surface area contributed by atoms with Crippen LogP contribution >= 0.6 is 0 Å². The van der Waals surface area contributed by atoms with Crippen molar-refractivity contribution in [3.8, 4) is 5.75 Å². The highest BCUT2D eigenvalue weighted by atomic mass is 16.5. The van der Waals surface area contributed by atoms with Gasteiger partial charge in [0, 0.05) is 22.7 Å². The van der Waals surface area contributed by atoms with Crippen LogP contribution in [0.1, 0.15) is 42.4 Å². The van der Waals surface area contributed by atoms with E-state index in [1.54, 1.807) is 12.1 Å². The largest absolute Gasteiger partial charge is 0.489 e. The third-order valence-corrected chi connectivity index (χ3v) is 3.99. The van der Waals surface area contributed by atoms with Crippen molar-refractivity contribution in [2.45, 2.75) is 32.8 Å². The maximum absolute atomic E-state index is 12.4. The molecule has 1 heterocycles. The summed E-state index contributed by atoms with van der Waals surface area (Å²) in [5, 5.41) is 9.93. The summed E-state index contributed by atoms with van der Waals surface area (Å²) in [4.78, 5) is 12.4. The molecule has 26 heavy (non-hydrogen) atoms. The number of carbonyl (C=O) groups is 1. The quantitative estimate of drug-likeness (QED) is 0.711. The first kappa shape index (κ1) is 17.7. The lowest BCUT2D eigenvalue weighted by molar-refractivity contribution is 0.102. The van der Waals surface area contributed by atoms with Crippen LogP contribution in [0.15, 0.2) is 60.7 Å². The van der Waals surface area contributed by atoms with Crippen molar-refractivity contribution in [3.63, 3.8) is 0 Å². The Morgan fingerprint density at radius 1 is 1.08 bits per heavy atom. The van der Waals surface area contributed by atoms with Crippen LogP contribution in [-0.4, -0.2) is 16.1 Å². The van der Waals surface area contributed by atoms with Crippen molar-refractivity contribution in [2.24, 2.45) is 0 Å². The van der Waals surface area contributed by atoms with Gasteiger partial charge in [-0.1, -0.05) is 51.1 Å². The van der Waals surface area contributed by atoms with Gasteiger partial charge in [-0.3, -0.25) is 9.89 Å². The highest BCUT2D eigenvalue weighted by Crippen LogP contribution is 2.22. The van der Waals surface area contributed by atoms with E-state index in [9.17, 15) is 4.79 Å². The van der Waals surface area contributed by atoms with Gasteiger partial charge < -0.3 is 10.1 Å². The lowest BCUT2D eigenvalue weighted by Crippen LogP contribution is -2.12. The van der Waals surface area contributed by atoms with Gasteiger partial charge in [0.25, 0.3) is 5.91 Å².